The zero-order valence-corrected chi connectivity index (χ0v) is 11.9. The van der Waals surface area contributed by atoms with Crippen LogP contribution in [0.5, 0.6) is 0 Å². The number of rotatable bonds is 5. The lowest BCUT2D eigenvalue weighted by Crippen LogP contribution is -2.53. The highest BCUT2D eigenvalue weighted by atomic mass is 15.3. The van der Waals surface area contributed by atoms with Gasteiger partial charge < -0.3 is 5.32 Å². The average Bonchev–Trinajstić information content (AvgIpc) is 2.88. The third kappa shape index (κ3) is 2.06. The number of nitrogens with one attached hydrogen (secondary N) is 1. The monoisotopic (exact) mass is 236 g/mol. The van der Waals surface area contributed by atoms with Crippen molar-refractivity contribution in [1.29, 1.82) is 0 Å². The van der Waals surface area contributed by atoms with Crippen LogP contribution in [0, 0.1) is 0 Å². The van der Waals surface area contributed by atoms with Gasteiger partial charge in [-0.05, 0) is 46.6 Å². The summed E-state index contributed by atoms with van der Waals surface area (Å²) < 4.78 is 0. The predicted octanol–water partition coefficient (Wildman–Crippen LogP) is 2.95. The molecule has 17 heavy (non-hydrogen) atoms. The molecule has 1 N–H and O–H groups in total. The van der Waals surface area contributed by atoms with Crippen molar-refractivity contribution < 1.29 is 0 Å². The van der Waals surface area contributed by atoms with Gasteiger partial charge >= 0.3 is 0 Å². The minimum atomic E-state index is 0.244. The molecule has 3 unspecified atom stereocenters. The van der Waals surface area contributed by atoms with E-state index in [1.807, 2.05) is 0 Å². The Hall–Kier alpha value is -0.340. The van der Waals surface area contributed by atoms with Crippen LogP contribution in [0.1, 0.15) is 53.4 Å². The standard InChI is InChI=1S/C15H28N2/c1-6-8-13-14(16-13)15(11(2)3)9-7-10-17(15)12(4)5/h12-14,16H,2,6-10H2,1,3-5H3. The van der Waals surface area contributed by atoms with Crippen LogP contribution in [-0.2, 0) is 0 Å². The van der Waals surface area contributed by atoms with E-state index in [-0.39, 0.29) is 5.54 Å². The molecule has 2 nitrogen and oxygen atoms in total. The molecule has 2 saturated heterocycles. The van der Waals surface area contributed by atoms with Crippen molar-refractivity contribution in [3.63, 3.8) is 0 Å². The molecule has 0 saturated carbocycles. The smallest absolute Gasteiger partial charge is 0.0587 e. The van der Waals surface area contributed by atoms with Crippen LogP contribution in [0.4, 0.5) is 0 Å². The molecule has 3 atom stereocenters. The van der Waals surface area contributed by atoms with Crippen molar-refractivity contribution in [2.75, 3.05) is 6.54 Å². The Kier molecular flexibility index (Phi) is 3.65. The summed E-state index contributed by atoms with van der Waals surface area (Å²) in [6.45, 7) is 14.7. The molecular formula is C15H28N2. The SMILES string of the molecule is C=C(C)C1(C2NC2CCC)CCCN1C(C)C. The Morgan fingerprint density at radius 3 is 2.76 bits per heavy atom. The molecule has 98 valence electrons. The third-order valence-electron chi connectivity index (χ3n) is 4.63. The van der Waals surface area contributed by atoms with Crippen LogP contribution in [0.15, 0.2) is 12.2 Å². The van der Waals surface area contributed by atoms with Crippen molar-refractivity contribution in [2.24, 2.45) is 0 Å². The van der Waals surface area contributed by atoms with Crippen LogP contribution in [0.25, 0.3) is 0 Å². The van der Waals surface area contributed by atoms with Gasteiger partial charge in [-0.3, -0.25) is 4.90 Å². The maximum atomic E-state index is 4.32. The first-order chi connectivity index (χ1) is 8.04. The van der Waals surface area contributed by atoms with Gasteiger partial charge in [0.15, 0.2) is 0 Å². The number of hydrogen-bond donors (Lipinski definition) is 1. The summed E-state index contributed by atoms with van der Waals surface area (Å²) in [6.07, 6.45) is 5.20. The molecule has 0 aromatic rings. The topological polar surface area (TPSA) is 25.2 Å². The second kappa shape index (κ2) is 4.74. The third-order valence-corrected chi connectivity index (χ3v) is 4.63. The molecule has 0 aliphatic carbocycles. The van der Waals surface area contributed by atoms with E-state index in [2.05, 4.69) is 44.5 Å². The summed E-state index contributed by atoms with van der Waals surface area (Å²) >= 11 is 0. The largest absolute Gasteiger partial charge is 0.306 e. The second-order valence-corrected chi connectivity index (χ2v) is 6.13. The molecule has 2 aliphatic rings. The van der Waals surface area contributed by atoms with Gasteiger partial charge in [0.2, 0.25) is 0 Å². The highest BCUT2D eigenvalue weighted by molar-refractivity contribution is 5.30. The fourth-order valence-corrected chi connectivity index (χ4v) is 3.85. The van der Waals surface area contributed by atoms with Crippen molar-refractivity contribution in [3.8, 4) is 0 Å². The first-order valence-corrected chi connectivity index (χ1v) is 7.22. The summed E-state index contributed by atoms with van der Waals surface area (Å²) in [5, 5.41) is 3.72. The average molecular weight is 236 g/mol. The molecule has 0 aromatic heterocycles. The van der Waals surface area contributed by atoms with Crippen molar-refractivity contribution in [3.05, 3.63) is 12.2 Å². The van der Waals surface area contributed by atoms with Gasteiger partial charge in [0, 0.05) is 18.1 Å². The lowest BCUT2D eigenvalue weighted by atomic mass is 9.82. The molecule has 2 rings (SSSR count). The minimum Gasteiger partial charge on any atom is -0.306 e. The van der Waals surface area contributed by atoms with Crippen LogP contribution in [-0.4, -0.2) is 35.1 Å². The zero-order valence-electron chi connectivity index (χ0n) is 11.9. The van der Waals surface area contributed by atoms with E-state index in [0.29, 0.717) is 12.1 Å². The first-order valence-electron chi connectivity index (χ1n) is 7.22. The molecule has 2 heteroatoms. The van der Waals surface area contributed by atoms with Crippen molar-refractivity contribution in [2.45, 2.75) is 77.0 Å². The van der Waals surface area contributed by atoms with Gasteiger partial charge in [-0.1, -0.05) is 25.5 Å². The van der Waals surface area contributed by atoms with E-state index < -0.39 is 0 Å². The molecule has 0 radical (unpaired) electrons. The molecule has 0 bridgehead atoms. The molecule has 2 heterocycles. The van der Waals surface area contributed by atoms with Gasteiger partial charge in [-0.25, -0.2) is 0 Å². The summed E-state index contributed by atoms with van der Waals surface area (Å²) in [5.41, 5.74) is 1.60. The van der Waals surface area contributed by atoms with E-state index in [4.69, 9.17) is 0 Å². The Morgan fingerprint density at radius 1 is 1.53 bits per heavy atom. The summed E-state index contributed by atoms with van der Waals surface area (Å²) in [6, 6.07) is 2.01. The highest BCUT2D eigenvalue weighted by Gasteiger charge is 2.57. The van der Waals surface area contributed by atoms with E-state index >= 15 is 0 Å². The van der Waals surface area contributed by atoms with Crippen LogP contribution in [0.2, 0.25) is 0 Å². The van der Waals surface area contributed by atoms with E-state index in [0.717, 1.165) is 6.04 Å². The normalized spacial score (nSPS) is 37.7. The second-order valence-electron chi connectivity index (χ2n) is 6.13. The van der Waals surface area contributed by atoms with Gasteiger partial charge in [-0.2, -0.15) is 0 Å². The maximum absolute atomic E-state index is 4.32. The molecule has 2 aliphatic heterocycles. The summed E-state index contributed by atoms with van der Waals surface area (Å²) in [4.78, 5) is 2.68. The Labute approximate surface area is 106 Å². The van der Waals surface area contributed by atoms with Gasteiger partial charge in [0.25, 0.3) is 0 Å². The predicted molar refractivity (Wildman–Crippen MR) is 74.2 cm³/mol. The quantitative estimate of drug-likeness (QED) is 0.586. The molecule has 0 spiro atoms. The lowest BCUT2D eigenvalue weighted by Gasteiger charge is -2.42. The van der Waals surface area contributed by atoms with E-state index in [9.17, 15) is 0 Å². The van der Waals surface area contributed by atoms with Crippen LogP contribution in [0.3, 0.4) is 0 Å². The Morgan fingerprint density at radius 2 is 2.24 bits per heavy atom. The van der Waals surface area contributed by atoms with Gasteiger partial charge in [-0.15, -0.1) is 0 Å². The maximum Gasteiger partial charge on any atom is 0.0587 e. The van der Waals surface area contributed by atoms with Crippen LogP contribution < -0.4 is 5.32 Å². The molecular weight excluding hydrogens is 208 g/mol. The van der Waals surface area contributed by atoms with Gasteiger partial charge in [0.05, 0.1) is 5.54 Å². The minimum absolute atomic E-state index is 0.244. The van der Waals surface area contributed by atoms with E-state index in [1.165, 1.54) is 37.8 Å². The summed E-state index contributed by atoms with van der Waals surface area (Å²) in [7, 11) is 0. The molecule has 0 aromatic carbocycles. The van der Waals surface area contributed by atoms with Crippen molar-refractivity contribution in [1.82, 2.24) is 10.2 Å². The molecule has 0 amide bonds. The summed E-state index contributed by atoms with van der Waals surface area (Å²) in [5.74, 6) is 0. The number of nitrogens with zero attached hydrogens (tertiary/aromatic N) is 1. The fraction of sp³-hybridized carbons (Fsp3) is 0.867. The zero-order chi connectivity index (χ0) is 12.6. The Balaban J connectivity index is 2.19. The highest BCUT2D eigenvalue weighted by Crippen LogP contribution is 2.45. The Bertz CT molecular complexity index is 297. The molecule has 2 fully saturated rings. The fourth-order valence-electron chi connectivity index (χ4n) is 3.85. The van der Waals surface area contributed by atoms with Crippen molar-refractivity contribution >= 4 is 0 Å². The lowest BCUT2D eigenvalue weighted by molar-refractivity contribution is 0.129. The number of hydrogen-bond acceptors (Lipinski definition) is 2. The first kappa shape index (κ1) is 13.1. The van der Waals surface area contributed by atoms with Gasteiger partial charge in [0.1, 0.15) is 0 Å². The van der Waals surface area contributed by atoms with Crippen LogP contribution >= 0.6 is 0 Å². The van der Waals surface area contributed by atoms with E-state index in [1.54, 1.807) is 0 Å². The number of likely N-dealkylation sites (tertiary alicyclic amines) is 1.